The Labute approximate surface area is 394 Å². The van der Waals surface area contributed by atoms with Crippen molar-refractivity contribution in [3.05, 3.63) is 60.8 Å². The van der Waals surface area contributed by atoms with Gasteiger partial charge in [-0.2, -0.15) is 0 Å². The van der Waals surface area contributed by atoms with Crippen LogP contribution in [-0.4, -0.2) is 70.0 Å². The third-order valence-electron chi connectivity index (χ3n) is 11.1. The van der Waals surface area contributed by atoms with Crippen LogP contribution in [-0.2, 0) is 32.7 Å². The van der Waals surface area contributed by atoms with Gasteiger partial charge in [0.2, 0.25) is 0 Å². The van der Waals surface area contributed by atoms with Gasteiger partial charge in [-0.05, 0) is 57.8 Å². The molecule has 0 spiro atoms. The van der Waals surface area contributed by atoms with Crippen LogP contribution in [0, 0.1) is 0 Å². The Hall–Kier alpha value is -2.29. The number of phosphoric acid groups is 1. The van der Waals surface area contributed by atoms with Crippen molar-refractivity contribution >= 4 is 19.8 Å². The topological polar surface area (TPSA) is 111 Å². The summed E-state index contributed by atoms with van der Waals surface area (Å²) in [5.74, 6) is -0.833. The second-order valence-electron chi connectivity index (χ2n) is 18.5. The summed E-state index contributed by atoms with van der Waals surface area (Å²) in [5.41, 5.74) is 0. The van der Waals surface area contributed by atoms with Gasteiger partial charge in [-0.15, -0.1) is 0 Å². The van der Waals surface area contributed by atoms with E-state index in [9.17, 15) is 19.0 Å². The van der Waals surface area contributed by atoms with E-state index >= 15 is 0 Å². The molecular formula is C54H98NO8P. The van der Waals surface area contributed by atoms with Crippen molar-refractivity contribution in [3.63, 3.8) is 0 Å². The van der Waals surface area contributed by atoms with E-state index in [0.717, 1.165) is 77.0 Å². The SMILES string of the molecule is CC/C=C\C/C=C\C/C=C\C/C=C\C/C=C\CCCCCCCCCCCCCC(=O)OC(COC(=O)CCCCCCCCCCCCCCC)COP(=O)([O-])OCC[N+](C)(C)C. The maximum atomic E-state index is 12.7. The first-order chi connectivity index (χ1) is 31.0. The Bertz CT molecular complexity index is 1270. The summed E-state index contributed by atoms with van der Waals surface area (Å²) in [7, 11) is 1.16. The molecule has 372 valence electrons. The van der Waals surface area contributed by atoms with E-state index in [2.05, 4.69) is 74.6 Å². The first-order valence-electron chi connectivity index (χ1n) is 26.0. The van der Waals surface area contributed by atoms with E-state index < -0.39 is 26.5 Å². The molecule has 0 fully saturated rings. The van der Waals surface area contributed by atoms with E-state index in [1.165, 1.54) is 109 Å². The number of hydrogen-bond donors (Lipinski definition) is 0. The van der Waals surface area contributed by atoms with Gasteiger partial charge in [0.05, 0.1) is 27.7 Å². The molecular weight excluding hydrogens is 822 g/mol. The molecule has 0 rings (SSSR count). The Morgan fingerprint density at radius 1 is 0.500 bits per heavy atom. The molecule has 0 aliphatic rings. The first kappa shape index (κ1) is 61.7. The first-order valence-corrected chi connectivity index (χ1v) is 27.5. The minimum atomic E-state index is -4.63. The molecule has 0 bridgehead atoms. The Balaban J connectivity index is 4.18. The molecule has 0 amide bonds. The largest absolute Gasteiger partial charge is 0.756 e. The molecule has 2 unspecified atom stereocenters. The molecule has 0 aromatic carbocycles. The molecule has 0 saturated heterocycles. The highest BCUT2D eigenvalue weighted by Crippen LogP contribution is 2.38. The van der Waals surface area contributed by atoms with E-state index in [0.29, 0.717) is 17.4 Å². The molecule has 0 saturated carbocycles. The third kappa shape index (κ3) is 49.2. The van der Waals surface area contributed by atoms with E-state index in [4.69, 9.17) is 18.5 Å². The summed E-state index contributed by atoms with van der Waals surface area (Å²) < 4.78 is 34.0. The zero-order valence-electron chi connectivity index (χ0n) is 42.0. The Morgan fingerprint density at radius 3 is 1.33 bits per heavy atom. The normalized spacial score (nSPS) is 13.9. The van der Waals surface area contributed by atoms with Crippen LogP contribution in [0.1, 0.15) is 219 Å². The number of likely N-dealkylation sites (N-methyl/N-ethyl adjacent to an activating group) is 1. The zero-order valence-corrected chi connectivity index (χ0v) is 42.9. The smallest absolute Gasteiger partial charge is 0.306 e. The number of carbonyl (C=O) groups excluding carboxylic acids is 2. The lowest BCUT2D eigenvalue weighted by Crippen LogP contribution is -2.37. The van der Waals surface area contributed by atoms with Crippen LogP contribution in [0.25, 0.3) is 0 Å². The van der Waals surface area contributed by atoms with Crippen LogP contribution in [0.2, 0.25) is 0 Å². The van der Waals surface area contributed by atoms with Crippen molar-refractivity contribution in [2.45, 2.75) is 225 Å². The van der Waals surface area contributed by atoms with Gasteiger partial charge in [-0.3, -0.25) is 14.2 Å². The number of nitrogens with zero attached hydrogens (tertiary/aromatic N) is 1. The summed E-state index contributed by atoms with van der Waals surface area (Å²) in [6, 6.07) is 0. The Morgan fingerprint density at radius 2 is 0.891 bits per heavy atom. The van der Waals surface area contributed by atoms with Crippen molar-refractivity contribution in [2.24, 2.45) is 0 Å². The number of hydrogen-bond acceptors (Lipinski definition) is 8. The maximum absolute atomic E-state index is 12.7. The lowest BCUT2D eigenvalue weighted by Gasteiger charge is -2.28. The second kappa shape index (κ2) is 45.8. The summed E-state index contributed by atoms with van der Waals surface area (Å²) in [6.07, 6.45) is 56.8. The summed E-state index contributed by atoms with van der Waals surface area (Å²) in [4.78, 5) is 37.7. The molecule has 0 aromatic rings. The molecule has 0 N–H and O–H groups in total. The number of ether oxygens (including phenoxy) is 2. The number of rotatable bonds is 47. The predicted octanol–water partition coefficient (Wildman–Crippen LogP) is 15.0. The summed E-state index contributed by atoms with van der Waals surface area (Å²) in [5, 5.41) is 0. The van der Waals surface area contributed by atoms with Crippen molar-refractivity contribution in [1.29, 1.82) is 0 Å². The fourth-order valence-corrected chi connectivity index (χ4v) is 7.76. The van der Waals surface area contributed by atoms with Crippen LogP contribution in [0.15, 0.2) is 60.8 Å². The van der Waals surface area contributed by atoms with E-state index in [1.54, 1.807) is 0 Å². The van der Waals surface area contributed by atoms with Crippen LogP contribution >= 0.6 is 7.82 Å². The second-order valence-corrected chi connectivity index (χ2v) is 19.9. The van der Waals surface area contributed by atoms with Gasteiger partial charge >= 0.3 is 11.9 Å². The van der Waals surface area contributed by atoms with Crippen molar-refractivity contribution in [1.82, 2.24) is 0 Å². The average molecular weight is 920 g/mol. The number of quaternary nitrogens is 1. The van der Waals surface area contributed by atoms with Crippen molar-refractivity contribution in [3.8, 4) is 0 Å². The monoisotopic (exact) mass is 920 g/mol. The molecule has 64 heavy (non-hydrogen) atoms. The number of carbonyl (C=O) groups is 2. The summed E-state index contributed by atoms with van der Waals surface area (Å²) >= 11 is 0. The van der Waals surface area contributed by atoms with Crippen molar-refractivity contribution in [2.75, 3.05) is 47.5 Å². The molecule has 9 nitrogen and oxygen atoms in total. The van der Waals surface area contributed by atoms with Crippen LogP contribution in [0.3, 0.4) is 0 Å². The molecule has 0 heterocycles. The fourth-order valence-electron chi connectivity index (χ4n) is 7.04. The highest BCUT2D eigenvalue weighted by Gasteiger charge is 2.21. The third-order valence-corrected chi connectivity index (χ3v) is 12.0. The van der Waals surface area contributed by atoms with Gasteiger partial charge < -0.3 is 27.9 Å². The quantitative estimate of drug-likeness (QED) is 0.0195. The average Bonchev–Trinajstić information content (AvgIpc) is 3.25. The highest BCUT2D eigenvalue weighted by molar-refractivity contribution is 7.45. The molecule has 0 aliphatic heterocycles. The molecule has 2 atom stereocenters. The van der Waals surface area contributed by atoms with Gasteiger partial charge in [0.1, 0.15) is 19.8 Å². The molecule has 0 aromatic heterocycles. The summed E-state index contributed by atoms with van der Waals surface area (Å²) in [6.45, 7) is 4.12. The number of esters is 2. The van der Waals surface area contributed by atoms with Gasteiger partial charge in [-0.25, -0.2) is 0 Å². The van der Waals surface area contributed by atoms with Gasteiger partial charge in [0.25, 0.3) is 7.82 Å². The molecule has 0 aliphatic carbocycles. The van der Waals surface area contributed by atoms with Crippen molar-refractivity contribution < 1.29 is 42.1 Å². The lowest BCUT2D eigenvalue weighted by atomic mass is 10.0. The van der Waals surface area contributed by atoms with Gasteiger partial charge in [0, 0.05) is 12.8 Å². The highest BCUT2D eigenvalue weighted by atomic mass is 31.2. The van der Waals surface area contributed by atoms with E-state index in [1.807, 2.05) is 21.1 Å². The van der Waals surface area contributed by atoms with Crippen LogP contribution in [0.5, 0.6) is 0 Å². The molecule has 0 radical (unpaired) electrons. The minimum absolute atomic E-state index is 0.0319. The number of allylic oxidation sites excluding steroid dienone is 10. The van der Waals surface area contributed by atoms with Gasteiger partial charge in [0.15, 0.2) is 6.10 Å². The maximum Gasteiger partial charge on any atom is 0.306 e. The standard InChI is InChI=1S/C54H98NO8P/c1-6-8-10-12-14-16-18-20-21-22-23-24-25-26-27-28-29-30-31-32-33-35-37-39-41-43-45-47-54(57)63-52(51-62-64(58,59)61-49-48-55(3,4)5)50-60-53(56)46-44-42-40-38-36-34-19-17-15-13-11-9-7-2/h8,10,14,16,20-21,23-24,26-27,52H,6-7,9,11-13,15,17-19,22,25,28-51H2,1-5H3/b10-8-,16-14-,21-20-,24-23-,27-26-. The zero-order chi connectivity index (χ0) is 47.1. The van der Waals surface area contributed by atoms with Crippen LogP contribution < -0.4 is 4.89 Å². The number of unbranched alkanes of at least 4 members (excludes halogenated alkanes) is 23. The number of phosphoric ester groups is 1. The fraction of sp³-hybridized carbons (Fsp3) is 0.778. The Kier molecular flexibility index (Phi) is 44.2. The molecule has 10 heteroatoms. The predicted molar refractivity (Wildman–Crippen MR) is 268 cm³/mol. The van der Waals surface area contributed by atoms with E-state index in [-0.39, 0.29) is 32.0 Å². The van der Waals surface area contributed by atoms with Crippen LogP contribution in [0.4, 0.5) is 0 Å². The van der Waals surface area contributed by atoms with Gasteiger partial charge in [-0.1, -0.05) is 209 Å². The lowest BCUT2D eigenvalue weighted by molar-refractivity contribution is -0.870. The minimum Gasteiger partial charge on any atom is -0.756 e.